The number of hydrogen-bond donors (Lipinski definition) is 1. The molecule has 0 aromatic carbocycles. The molecule has 3 rings (SSSR count). The van der Waals surface area contributed by atoms with Gasteiger partial charge in [-0.2, -0.15) is 13.2 Å². The van der Waals surface area contributed by atoms with Crippen LogP contribution in [0.2, 0.25) is 0 Å². The van der Waals surface area contributed by atoms with E-state index in [-0.39, 0.29) is 6.04 Å². The maximum absolute atomic E-state index is 13.2. The Morgan fingerprint density at radius 2 is 1.97 bits per heavy atom. The number of halogens is 3. The maximum Gasteiger partial charge on any atom is 0.433 e. The second-order valence-electron chi connectivity index (χ2n) is 7.84. The van der Waals surface area contributed by atoms with E-state index in [2.05, 4.69) is 20.2 Å². The van der Waals surface area contributed by atoms with Gasteiger partial charge in [0.25, 0.3) is 0 Å². The Labute approximate surface area is 175 Å². The molecule has 0 bridgehead atoms. The molecule has 1 unspecified atom stereocenters. The minimum absolute atomic E-state index is 0.0237. The lowest BCUT2D eigenvalue weighted by Gasteiger charge is -2.36. The molecule has 0 saturated carbocycles. The van der Waals surface area contributed by atoms with Crippen LogP contribution in [0.1, 0.15) is 43.5 Å². The van der Waals surface area contributed by atoms with Crippen molar-refractivity contribution in [3.8, 4) is 0 Å². The average Bonchev–Trinajstić information content (AvgIpc) is 2.68. The lowest BCUT2D eigenvalue weighted by molar-refractivity contribution is -0.141. The van der Waals surface area contributed by atoms with Crippen molar-refractivity contribution in [3.05, 3.63) is 70.8 Å². The second-order valence-corrected chi connectivity index (χ2v) is 7.84. The molecule has 1 aliphatic heterocycles. The van der Waals surface area contributed by atoms with Crippen molar-refractivity contribution in [2.75, 3.05) is 18.9 Å². The van der Waals surface area contributed by atoms with E-state index in [1.165, 1.54) is 6.20 Å². The van der Waals surface area contributed by atoms with Crippen LogP contribution in [-0.2, 0) is 6.18 Å². The summed E-state index contributed by atoms with van der Waals surface area (Å²) in [5, 5.41) is 3.53. The van der Waals surface area contributed by atoms with Crippen molar-refractivity contribution in [2.45, 2.75) is 45.8 Å². The summed E-state index contributed by atoms with van der Waals surface area (Å²) in [6.07, 6.45) is 2.44. The van der Waals surface area contributed by atoms with Crippen LogP contribution < -0.4 is 5.32 Å². The predicted molar refractivity (Wildman–Crippen MR) is 114 cm³/mol. The number of anilines is 1. The quantitative estimate of drug-likeness (QED) is 0.695. The van der Waals surface area contributed by atoms with Crippen LogP contribution in [0.25, 0.3) is 5.57 Å². The van der Waals surface area contributed by atoms with Gasteiger partial charge >= 0.3 is 6.18 Å². The fourth-order valence-corrected chi connectivity index (χ4v) is 3.65. The number of hydrogen-bond acceptors (Lipinski definition) is 4. The van der Waals surface area contributed by atoms with Gasteiger partial charge in [0.1, 0.15) is 11.5 Å². The van der Waals surface area contributed by atoms with E-state index in [0.717, 1.165) is 53.7 Å². The summed E-state index contributed by atoms with van der Waals surface area (Å²) in [5.41, 5.74) is 3.43. The normalized spacial score (nSPS) is 18.4. The highest BCUT2D eigenvalue weighted by Gasteiger charge is 2.32. The van der Waals surface area contributed by atoms with Gasteiger partial charge in [-0.1, -0.05) is 11.6 Å². The van der Waals surface area contributed by atoms with Crippen molar-refractivity contribution in [2.24, 2.45) is 0 Å². The summed E-state index contributed by atoms with van der Waals surface area (Å²) in [7, 11) is 2.02. The molecule has 0 radical (unpaired) electrons. The third kappa shape index (κ3) is 5.01. The topological polar surface area (TPSA) is 41.1 Å². The lowest BCUT2D eigenvalue weighted by atomic mass is 9.95. The molecule has 1 saturated heterocycles. The summed E-state index contributed by atoms with van der Waals surface area (Å²) in [6, 6.07) is 6.67. The van der Waals surface area contributed by atoms with E-state index in [9.17, 15) is 13.2 Å². The van der Waals surface area contributed by atoms with E-state index in [4.69, 9.17) is 0 Å². The number of alkyl halides is 3. The highest BCUT2D eigenvalue weighted by Crippen LogP contribution is 2.32. The molecule has 1 fully saturated rings. The number of piperidine rings is 1. The largest absolute Gasteiger partial charge is 0.433 e. The summed E-state index contributed by atoms with van der Waals surface area (Å²) in [6.45, 7) is 6.72. The zero-order valence-corrected chi connectivity index (χ0v) is 17.7. The van der Waals surface area contributed by atoms with Gasteiger partial charge in [-0.3, -0.25) is 4.98 Å². The molecule has 0 spiro atoms. The molecule has 2 aromatic rings. The van der Waals surface area contributed by atoms with Gasteiger partial charge in [0, 0.05) is 31.7 Å². The smallest absolute Gasteiger partial charge is 0.376 e. The number of aryl methyl sites for hydroxylation is 1. The Hall–Kier alpha value is -2.83. The van der Waals surface area contributed by atoms with Gasteiger partial charge in [0.05, 0.1) is 6.04 Å². The maximum atomic E-state index is 13.2. The van der Waals surface area contributed by atoms with Crippen LogP contribution in [0, 0.1) is 6.92 Å². The van der Waals surface area contributed by atoms with Gasteiger partial charge in [-0.15, -0.1) is 0 Å². The summed E-state index contributed by atoms with van der Waals surface area (Å²) >= 11 is 0. The molecule has 2 aromatic heterocycles. The summed E-state index contributed by atoms with van der Waals surface area (Å²) in [5.74, 6) is 0.825. The fourth-order valence-electron chi connectivity index (χ4n) is 3.65. The van der Waals surface area contributed by atoms with Crippen LogP contribution in [0.3, 0.4) is 0 Å². The van der Waals surface area contributed by atoms with Crippen molar-refractivity contribution in [3.63, 3.8) is 0 Å². The number of likely N-dealkylation sites (N-methyl/N-ethyl adjacent to an activating group) is 1. The van der Waals surface area contributed by atoms with Crippen LogP contribution in [-0.4, -0.2) is 34.5 Å². The van der Waals surface area contributed by atoms with Crippen LogP contribution >= 0.6 is 0 Å². The third-order valence-electron chi connectivity index (χ3n) is 5.30. The molecule has 7 heteroatoms. The van der Waals surface area contributed by atoms with Crippen LogP contribution in [0.4, 0.5) is 19.0 Å². The predicted octanol–water partition coefficient (Wildman–Crippen LogP) is 5.69. The molecule has 3 heterocycles. The molecule has 1 atom stereocenters. The van der Waals surface area contributed by atoms with Gasteiger partial charge in [-0.05, 0) is 74.6 Å². The Morgan fingerprint density at radius 1 is 1.20 bits per heavy atom. The number of pyridine rings is 2. The minimum Gasteiger partial charge on any atom is -0.376 e. The standard InChI is InChI=1S/C23H27F3N4/c1-15(2)18(17-9-11-27-21(13-17)23(24,25)26)14-20-19(8-6-12-30(20)4)29-22-16(3)7-5-10-28-22/h5,7,9-11,13-14,19H,6,8,12H2,1-4H3,(H,28,29)/b20-14-. The van der Waals surface area contributed by atoms with Crippen LogP contribution in [0.5, 0.6) is 0 Å². The Morgan fingerprint density at radius 3 is 2.63 bits per heavy atom. The van der Waals surface area contributed by atoms with Crippen LogP contribution in [0.15, 0.2) is 54.0 Å². The number of likely N-dealkylation sites (tertiary alicyclic amines) is 1. The molecule has 160 valence electrons. The zero-order valence-electron chi connectivity index (χ0n) is 17.7. The fraction of sp³-hybridized carbons (Fsp3) is 0.391. The van der Waals surface area contributed by atoms with Crippen molar-refractivity contribution < 1.29 is 13.2 Å². The Kier molecular flexibility index (Phi) is 6.48. The summed E-state index contributed by atoms with van der Waals surface area (Å²) < 4.78 is 39.5. The first-order chi connectivity index (χ1) is 14.2. The highest BCUT2D eigenvalue weighted by molar-refractivity contribution is 5.77. The second kappa shape index (κ2) is 8.90. The monoisotopic (exact) mass is 416 g/mol. The minimum atomic E-state index is -4.47. The first-order valence-electron chi connectivity index (χ1n) is 9.99. The molecular weight excluding hydrogens is 389 g/mol. The first-order valence-corrected chi connectivity index (χ1v) is 9.99. The zero-order chi connectivity index (χ0) is 21.9. The van der Waals surface area contributed by atoms with E-state index < -0.39 is 11.9 Å². The first kappa shape index (κ1) is 21.9. The Balaban J connectivity index is 2.00. The number of aromatic nitrogens is 2. The lowest BCUT2D eigenvalue weighted by Crippen LogP contribution is -2.38. The van der Waals surface area contributed by atoms with E-state index in [1.807, 2.05) is 46.0 Å². The SMILES string of the molecule is CC(C)=C(/C=C1/C(Nc2ncccc2C)CCCN1C)c1ccnc(C(F)(F)F)c1. The number of nitrogens with zero attached hydrogens (tertiary/aromatic N) is 3. The van der Waals surface area contributed by atoms with Crippen molar-refractivity contribution in [1.82, 2.24) is 14.9 Å². The molecule has 1 N–H and O–H groups in total. The van der Waals surface area contributed by atoms with Crippen molar-refractivity contribution in [1.29, 1.82) is 0 Å². The number of rotatable bonds is 4. The van der Waals surface area contributed by atoms with Gasteiger partial charge in [-0.25, -0.2) is 4.98 Å². The average molecular weight is 416 g/mol. The molecule has 4 nitrogen and oxygen atoms in total. The molecular formula is C23H27F3N4. The summed E-state index contributed by atoms with van der Waals surface area (Å²) in [4.78, 5) is 10.1. The number of allylic oxidation sites excluding steroid dienone is 3. The van der Waals surface area contributed by atoms with Gasteiger partial charge in [0.2, 0.25) is 0 Å². The third-order valence-corrected chi connectivity index (χ3v) is 5.30. The molecule has 0 aliphatic carbocycles. The van der Waals surface area contributed by atoms with E-state index in [0.29, 0.717) is 5.56 Å². The van der Waals surface area contributed by atoms with Gasteiger partial charge < -0.3 is 10.2 Å². The Bertz CT molecular complexity index is 959. The van der Waals surface area contributed by atoms with E-state index in [1.54, 1.807) is 12.3 Å². The molecule has 1 aliphatic rings. The number of nitrogens with one attached hydrogen (secondary N) is 1. The van der Waals surface area contributed by atoms with Crippen molar-refractivity contribution >= 4 is 11.4 Å². The molecule has 0 amide bonds. The van der Waals surface area contributed by atoms with E-state index >= 15 is 0 Å². The van der Waals surface area contributed by atoms with Gasteiger partial charge in [0.15, 0.2) is 0 Å². The highest BCUT2D eigenvalue weighted by atomic mass is 19.4. The molecule has 30 heavy (non-hydrogen) atoms.